The summed E-state index contributed by atoms with van der Waals surface area (Å²) in [5.74, 6) is 0.842. The van der Waals surface area contributed by atoms with Gasteiger partial charge in [0.25, 0.3) is 0 Å². The van der Waals surface area contributed by atoms with Crippen LogP contribution < -0.4 is 0 Å². The van der Waals surface area contributed by atoms with Crippen LogP contribution in [0.25, 0.3) is 0 Å². The first-order valence-electron chi connectivity index (χ1n) is 5.58. The third-order valence-electron chi connectivity index (χ3n) is 3.38. The van der Waals surface area contributed by atoms with Gasteiger partial charge in [0, 0.05) is 0 Å². The topological polar surface area (TPSA) is 29.5 Å². The van der Waals surface area contributed by atoms with Crippen LogP contribution in [0, 0.1) is 5.41 Å². The Balaban J connectivity index is 2.13. The Hall–Kier alpha value is -0.500. The fraction of sp³-hybridized carbons (Fsp3) is 0.833. The lowest BCUT2D eigenvalue weighted by Crippen LogP contribution is -2.31. The third kappa shape index (κ3) is 1.81. The summed E-state index contributed by atoms with van der Waals surface area (Å²) in [5, 5.41) is 10.5. The van der Waals surface area contributed by atoms with Gasteiger partial charge >= 0.3 is 0 Å². The van der Waals surface area contributed by atoms with Gasteiger partial charge in [-0.15, -0.1) is 0 Å². The lowest BCUT2D eigenvalue weighted by molar-refractivity contribution is 0.00261. The molecule has 1 aliphatic carbocycles. The monoisotopic (exact) mass is 196 g/mol. The molecule has 14 heavy (non-hydrogen) atoms. The Morgan fingerprint density at radius 1 is 1.36 bits per heavy atom. The van der Waals surface area contributed by atoms with Crippen molar-refractivity contribution in [3.63, 3.8) is 0 Å². The minimum absolute atomic E-state index is 0.260. The van der Waals surface area contributed by atoms with Crippen LogP contribution in [0.1, 0.15) is 46.0 Å². The lowest BCUT2D eigenvalue weighted by atomic mass is 9.88. The van der Waals surface area contributed by atoms with E-state index in [2.05, 4.69) is 19.9 Å². The second-order valence-corrected chi connectivity index (χ2v) is 5.43. The summed E-state index contributed by atoms with van der Waals surface area (Å²) in [6.45, 7) is 5.21. The maximum atomic E-state index is 10.5. The molecule has 0 spiro atoms. The second kappa shape index (κ2) is 3.27. The second-order valence-electron chi connectivity index (χ2n) is 5.43. The smallest absolute Gasteiger partial charge is 0.124 e. The highest BCUT2D eigenvalue weighted by molar-refractivity contribution is 5.16. The first-order chi connectivity index (χ1) is 6.52. The average Bonchev–Trinajstić information content (AvgIpc) is 2.44. The van der Waals surface area contributed by atoms with Crippen molar-refractivity contribution in [1.29, 1.82) is 0 Å². The van der Waals surface area contributed by atoms with Gasteiger partial charge in [0.05, 0.1) is 6.61 Å². The molecule has 2 heteroatoms. The van der Waals surface area contributed by atoms with Crippen LogP contribution in [-0.4, -0.2) is 17.3 Å². The minimum Gasteiger partial charge on any atom is -0.495 e. The maximum absolute atomic E-state index is 10.5. The quantitative estimate of drug-likeness (QED) is 0.698. The summed E-state index contributed by atoms with van der Waals surface area (Å²) in [6, 6.07) is 0. The van der Waals surface area contributed by atoms with Crippen molar-refractivity contribution in [2.75, 3.05) is 6.61 Å². The normalized spacial score (nSPS) is 36.4. The van der Waals surface area contributed by atoms with Crippen molar-refractivity contribution in [3.8, 4) is 0 Å². The van der Waals surface area contributed by atoms with E-state index in [0.717, 1.165) is 44.5 Å². The predicted octanol–water partition coefficient (Wildman–Crippen LogP) is 2.62. The van der Waals surface area contributed by atoms with E-state index in [1.165, 1.54) is 0 Å². The first kappa shape index (κ1) is 10.0. The Bertz CT molecular complexity index is 255. The van der Waals surface area contributed by atoms with Crippen LogP contribution in [0.4, 0.5) is 0 Å². The molecule has 1 aliphatic heterocycles. The van der Waals surface area contributed by atoms with Gasteiger partial charge in [-0.3, -0.25) is 0 Å². The largest absolute Gasteiger partial charge is 0.495 e. The number of aliphatic hydroxyl groups is 1. The number of hydrogen-bond donors (Lipinski definition) is 1. The van der Waals surface area contributed by atoms with Crippen LogP contribution in [0.2, 0.25) is 0 Å². The molecule has 2 aliphatic rings. The lowest BCUT2D eigenvalue weighted by Gasteiger charge is -2.30. The molecule has 0 aromatic rings. The van der Waals surface area contributed by atoms with E-state index < -0.39 is 5.60 Å². The molecular formula is C12H20O2. The molecular weight excluding hydrogens is 176 g/mol. The molecule has 0 saturated heterocycles. The van der Waals surface area contributed by atoms with E-state index in [1.54, 1.807) is 0 Å². The Morgan fingerprint density at radius 2 is 2.14 bits per heavy atom. The van der Waals surface area contributed by atoms with E-state index in [1.807, 2.05) is 0 Å². The molecule has 0 aromatic heterocycles. The van der Waals surface area contributed by atoms with Gasteiger partial charge in [0.2, 0.25) is 0 Å². The Kier molecular flexibility index (Phi) is 2.34. The fourth-order valence-electron chi connectivity index (χ4n) is 2.61. The van der Waals surface area contributed by atoms with E-state index >= 15 is 0 Å². The first-order valence-corrected chi connectivity index (χ1v) is 5.58. The fourth-order valence-corrected chi connectivity index (χ4v) is 2.61. The van der Waals surface area contributed by atoms with Crippen LogP contribution in [0.5, 0.6) is 0 Å². The van der Waals surface area contributed by atoms with Crippen LogP contribution in [0.3, 0.4) is 0 Å². The number of rotatable bonds is 1. The zero-order valence-corrected chi connectivity index (χ0v) is 9.18. The highest BCUT2D eigenvalue weighted by Gasteiger charge is 2.45. The van der Waals surface area contributed by atoms with Crippen molar-refractivity contribution >= 4 is 0 Å². The minimum atomic E-state index is -0.663. The summed E-state index contributed by atoms with van der Waals surface area (Å²) in [5.41, 5.74) is -0.402. The summed E-state index contributed by atoms with van der Waals surface area (Å²) in [6.07, 6.45) is 6.99. The Labute approximate surface area is 86.0 Å². The summed E-state index contributed by atoms with van der Waals surface area (Å²) in [7, 11) is 0. The highest BCUT2D eigenvalue weighted by Crippen LogP contribution is 2.47. The van der Waals surface area contributed by atoms with Crippen LogP contribution in [0.15, 0.2) is 11.8 Å². The molecule has 1 saturated carbocycles. The molecule has 0 aromatic carbocycles. The third-order valence-corrected chi connectivity index (χ3v) is 3.38. The van der Waals surface area contributed by atoms with Crippen molar-refractivity contribution in [2.45, 2.75) is 51.6 Å². The van der Waals surface area contributed by atoms with Crippen molar-refractivity contribution in [1.82, 2.24) is 0 Å². The van der Waals surface area contributed by atoms with Crippen LogP contribution in [-0.2, 0) is 4.74 Å². The Morgan fingerprint density at radius 3 is 2.64 bits per heavy atom. The van der Waals surface area contributed by atoms with Gasteiger partial charge in [0.15, 0.2) is 0 Å². The number of ether oxygens (including phenoxy) is 1. The molecule has 0 radical (unpaired) electrons. The van der Waals surface area contributed by atoms with Gasteiger partial charge in [-0.1, -0.05) is 13.8 Å². The zero-order chi connectivity index (χ0) is 10.2. The van der Waals surface area contributed by atoms with Gasteiger partial charge in [-0.2, -0.15) is 0 Å². The molecule has 1 heterocycles. The molecule has 80 valence electrons. The maximum Gasteiger partial charge on any atom is 0.124 e. The van der Waals surface area contributed by atoms with E-state index in [4.69, 9.17) is 4.74 Å². The van der Waals surface area contributed by atoms with E-state index in [-0.39, 0.29) is 5.41 Å². The molecule has 1 atom stereocenters. The van der Waals surface area contributed by atoms with Crippen molar-refractivity contribution in [3.05, 3.63) is 11.8 Å². The highest BCUT2D eigenvalue weighted by atomic mass is 16.5. The van der Waals surface area contributed by atoms with Crippen molar-refractivity contribution in [2.24, 2.45) is 5.41 Å². The number of allylic oxidation sites excluding steroid dienone is 1. The SMILES string of the molecule is CC1(C)CCC(O)(C2=CCCCO2)C1. The van der Waals surface area contributed by atoms with E-state index in [9.17, 15) is 5.11 Å². The van der Waals surface area contributed by atoms with Gasteiger partial charge < -0.3 is 9.84 Å². The number of hydrogen-bond acceptors (Lipinski definition) is 2. The van der Waals surface area contributed by atoms with Gasteiger partial charge in [-0.25, -0.2) is 0 Å². The van der Waals surface area contributed by atoms with E-state index in [0.29, 0.717) is 0 Å². The molecule has 0 amide bonds. The molecule has 1 unspecified atom stereocenters. The van der Waals surface area contributed by atoms with Crippen LogP contribution >= 0.6 is 0 Å². The van der Waals surface area contributed by atoms with Crippen molar-refractivity contribution < 1.29 is 9.84 Å². The summed E-state index contributed by atoms with van der Waals surface area (Å²) >= 11 is 0. The standard InChI is InChI=1S/C12H20O2/c1-11(2)6-7-12(13,9-11)10-5-3-4-8-14-10/h5,13H,3-4,6-9H2,1-2H3. The molecule has 1 N–H and O–H groups in total. The zero-order valence-electron chi connectivity index (χ0n) is 9.18. The molecule has 2 rings (SSSR count). The molecule has 0 bridgehead atoms. The molecule has 2 nitrogen and oxygen atoms in total. The summed E-state index contributed by atoms with van der Waals surface area (Å²) in [4.78, 5) is 0. The average molecular weight is 196 g/mol. The summed E-state index contributed by atoms with van der Waals surface area (Å²) < 4.78 is 5.57. The van der Waals surface area contributed by atoms with Gasteiger partial charge in [0.1, 0.15) is 11.4 Å². The predicted molar refractivity (Wildman–Crippen MR) is 55.9 cm³/mol. The van der Waals surface area contributed by atoms with Gasteiger partial charge in [-0.05, 0) is 43.6 Å². The molecule has 1 fully saturated rings.